The molecule has 0 saturated heterocycles. The smallest absolute Gasteiger partial charge is 0.338 e. The van der Waals surface area contributed by atoms with E-state index in [-0.39, 0.29) is 5.91 Å². The van der Waals surface area contributed by atoms with Crippen LogP contribution in [0.25, 0.3) is 0 Å². The van der Waals surface area contributed by atoms with Gasteiger partial charge in [-0.05, 0) is 45.0 Å². The molecule has 6 heteroatoms. The van der Waals surface area contributed by atoms with E-state index in [1.807, 2.05) is 13.8 Å². The Hall–Kier alpha value is -2.63. The van der Waals surface area contributed by atoms with Crippen LogP contribution < -0.4 is 5.32 Å². The molecule has 0 unspecified atom stereocenters. The first-order valence-electron chi connectivity index (χ1n) is 7.18. The first-order chi connectivity index (χ1) is 10.5. The molecule has 2 rings (SSSR count). The van der Waals surface area contributed by atoms with E-state index in [2.05, 4.69) is 10.4 Å². The number of hydrogen-bond donors (Lipinski definition) is 1. The van der Waals surface area contributed by atoms with Crippen LogP contribution in [0.2, 0.25) is 0 Å². The number of hydrogen-bond acceptors (Lipinski definition) is 4. The molecule has 0 fully saturated rings. The van der Waals surface area contributed by atoms with Gasteiger partial charge in [-0.25, -0.2) is 4.79 Å². The van der Waals surface area contributed by atoms with Gasteiger partial charge in [0.2, 0.25) is 0 Å². The molecule has 0 aliphatic carbocycles. The van der Waals surface area contributed by atoms with Crippen molar-refractivity contribution in [3.63, 3.8) is 0 Å². The maximum absolute atomic E-state index is 12.3. The largest absolute Gasteiger partial charge is 0.462 e. The predicted molar refractivity (Wildman–Crippen MR) is 83.0 cm³/mol. The first kappa shape index (κ1) is 15.8. The van der Waals surface area contributed by atoms with E-state index >= 15 is 0 Å². The number of nitrogens with one attached hydrogen (secondary N) is 1. The Labute approximate surface area is 129 Å². The molecule has 22 heavy (non-hydrogen) atoms. The number of rotatable bonds is 5. The molecule has 1 heterocycles. The summed E-state index contributed by atoms with van der Waals surface area (Å²) in [6.45, 7) is 6.43. The summed E-state index contributed by atoms with van der Waals surface area (Å²) in [5.41, 5.74) is 2.21. The van der Waals surface area contributed by atoms with E-state index < -0.39 is 5.97 Å². The molecule has 116 valence electrons. The molecule has 0 aliphatic heterocycles. The lowest BCUT2D eigenvalue weighted by atomic mass is 10.2. The minimum absolute atomic E-state index is 0.261. The number of carbonyl (C=O) groups is 2. The van der Waals surface area contributed by atoms with Gasteiger partial charge in [0.1, 0.15) is 5.69 Å². The molecule has 0 atom stereocenters. The van der Waals surface area contributed by atoms with Gasteiger partial charge in [0.05, 0.1) is 17.9 Å². The second-order valence-electron chi connectivity index (χ2n) is 4.74. The third-order valence-electron chi connectivity index (χ3n) is 3.07. The molecule has 0 aliphatic rings. The van der Waals surface area contributed by atoms with E-state index in [0.717, 1.165) is 5.69 Å². The Morgan fingerprint density at radius 2 is 2.05 bits per heavy atom. The van der Waals surface area contributed by atoms with Crippen LogP contribution in [0.3, 0.4) is 0 Å². The van der Waals surface area contributed by atoms with Crippen LogP contribution in [-0.4, -0.2) is 28.3 Å². The van der Waals surface area contributed by atoms with Gasteiger partial charge in [-0.1, -0.05) is 6.07 Å². The van der Waals surface area contributed by atoms with E-state index in [0.29, 0.717) is 30.1 Å². The van der Waals surface area contributed by atoms with Gasteiger partial charge in [-0.15, -0.1) is 0 Å². The van der Waals surface area contributed by atoms with Crippen molar-refractivity contribution in [3.05, 3.63) is 47.3 Å². The molecule has 1 aromatic carbocycles. The molecule has 0 radical (unpaired) electrons. The number of amides is 1. The minimum atomic E-state index is -0.409. The molecule has 0 spiro atoms. The third kappa shape index (κ3) is 3.52. The number of benzene rings is 1. The standard InChI is InChI=1S/C16H19N3O3/c1-4-19-14(9-11(3)18-19)15(20)17-13-8-6-7-12(10-13)16(21)22-5-2/h6-10H,4-5H2,1-3H3,(H,17,20). The summed E-state index contributed by atoms with van der Waals surface area (Å²) in [6.07, 6.45) is 0. The predicted octanol–water partition coefficient (Wildman–Crippen LogP) is 2.64. The van der Waals surface area contributed by atoms with Crippen LogP contribution in [0.5, 0.6) is 0 Å². The van der Waals surface area contributed by atoms with Crippen molar-refractivity contribution in [2.75, 3.05) is 11.9 Å². The zero-order valence-corrected chi connectivity index (χ0v) is 12.9. The Bertz CT molecular complexity index is 692. The lowest BCUT2D eigenvalue weighted by molar-refractivity contribution is 0.0526. The highest BCUT2D eigenvalue weighted by Crippen LogP contribution is 2.14. The molecular formula is C16H19N3O3. The number of carbonyl (C=O) groups excluding carboxylic acids is 2. The fourth-order valence-electron chi connectivity index (χ4n) is 2.10. The molecular weight excluding hydrogens is 282 g/mol. The van der Waals surface area contributed by atoms with Crippen molar-refractivity contribution in [3.8, 4) is 0 Å². The summed E-state index contributed by atoms with van der Waals surface area (Å²) in [4.78, 5) is 24.0. The highest BCUT2D eigenvalue weighted by molar-refractivity contribution is 6.03. The second kappa shape index (κ2) is 6.89. The van der Waals surface area contributed by atoms with E-state index in [1.54, 1.807) is 41.9 Å². The molecule has 0 bridgehead atoms. The average Bonchev–Trinajstić information content (AvgIpc) is 2.89. The average molecular weight is 301 g/mol. The molecule has 0 saturated carbocycles. The fourth-order valence-corrected chi connectivity index (χ4v) is 2.10. The second-order valence-corrected chi connectivity index (χ2v) is 4.74. The summed E-state index contributed by atoms with van der Waals surface area (Å²) in [5, 5.41) is 7.02. The molecule has 1 aromatic heterocycles. The zero-order valence-electron chi connectivity index (χ0n) is 12.9. The van der Waals surface area contributed by atoms with Crippen LogP contribution in [0.4, 0.5) is 5.69 Å². The Kier molecular flexibility index (Phi) is 4.93. The Balaban J connectivity index is 2.18. The van der Waals surface area contributed by atoms with Crippen LogP contribution in [-0.2, 0) is 11.3 Å². The molecule has 1 N–H and O–H groups in total. The van der Waals surface area contributed by atoms with Crippen molar-refractivity contribution in [1.29, 1.82) is 0 Å². The molecule has 2 aromatic rings. The van der Waals surface area contributed by atoms with Gasteiger partial charge < -0.3 is 10.1 Å². The summed E-state index contributed by atoms with van der Waals surface area (Å²) in [5.74, 6) is -0.670. The van der Waals surface area contributed by atoms with Crippen molar-refractivity contribution in [2.45, 2.75) is 27.3 Å². The quantitative estimate of drug-likeness (QED) is 0.862. The van der Waals surface area contributed by atoms with Crippen molar-refractivity contribution >= 4 is 17.6 Å². The van der Waals surface area contributed by atoms with E-state index in [1.165, 1.54) is 0 Å². The normalized spacial score (nSPS) is 10.3. The minimum Gasteiger partial charge on any atom is -0.462 e. The van der Waals surface area contributed by atoms with Crippen molar-refractivity contribution in [1.82, 2.24) is 9.78 Å². The first-order valence-corrected chi connectivity index (χ1v) is 7.18. The summed E-state index contributed by atoms with van der Waals surface area (Å²) in [6, 6.07) is 8.39. The topological polar surface area (TPSA) is 73.2 Å². The van der Waals surface area contributed by atoms with Gasteiger partial charge >= 0.3 is 5.97 Å². The van der Waals surface area contributed by atoms with Gasteiger partial charge in [0.25, 0.3) is 5.91 Å². The van der Waals surface area contributed by atoms with E-state index in [4.69, 9.17) is 4.74 Å². The summed E-state index contributed by atoms with van der Waals surface area (Å²) in [7, 11) is 0. The fraction of sp³-hybridized carbons (Fsp3) is 0.312. The van der Waals surface area contributed by atoms with Crippen molar-refractivity contribution in [2.24, 2.45) is 0 Å². The van der Waals surface area contributed by atoms with Gasteiger partial charge in [0, 0.05) is 12.2 Å². The number of aryl methyl sites for hydroxylation is 2. The van der Waals surface area contributed by atoms with Crippen LogP contribution in [0, 0.1) is 6.92 Å². The number of aromatic nitrogens is 2. The monoisotopic (exact) mass is 301 g/mol. The lowest BCUT2D eigenvalue weighted by Crippen LogP contribution is -2.17. The number of nitrogens with zero attached hydrogens (tertiary/aromatic N) is 2. The number of ether oxygens (including phenoxy) is 1. The van der Waals surface area contributed by atoms with Gasteiger partial charge in [0.15, 0.2) is 0 Å². The van der Waals surface area contributed by atoms with Gasteiger partial charge in [-0.3, -0.25) is 9.48 Å². The Morgan fingerprint density at radius 3 is 2.73 bits per heavy atom. The highest BCUT2D eigenvalue weighted by Gasteiger charge is 2.14. The highest BCUT2D eigenvalue weighted by atomic mass is 16.5. The molecule has 1 amide bonds. The number of anilines is 1. The summed E-state index contributed by atoms with van der Waals surface area (Å²) >= 11 is 0. The molecule has 6 nitrogen and oxygen atoms in total. The lowest BCUT2D eigenvalue weighted by Gasteiger charge is -2.08. The van der Waals surface area contributed by atoms with Crippen LogP contribution in [0.15, 0.2) is 30.3 Å². The van der Waals surface area contributed by atoms with Crippen molar-refractivity contribution < 1.29 is 14.3 Å². The maximum Gasteiger partial charge on any atom is 0.338 e. The summed E-state index contributed by atoms with van der Waals surface area (Å²) < 4.78 is 6.59. The van der Waals surface area contributed by atoms with Gasteiger partial charge in [-0.2, -0.15) is 5.10 Å². The Morgan fingerprint density at radius 1 is 1.27 bits per heavy atom. The van der Waals surface area contributed by atoms with Crippen LogP contribution >= 0.6 is 0 Å². The van der Waals surface area contributed by atoms with E-state index in [9.17, 15) is 9.59 Å². The third-order valence-corrected chi connectivity index (χ3v) is 3.07. The zero-order chi connectivity index (χ0) is 16.1. The maximum atomic E-state index is 12.3. The number of esters is 1. The SMILES string of the molecule is CCOC(=O)c1cccc(NC(=O)c2cc(C)nn2CC)c1. The van der Waals surface area contributed by atoms with Crippen LogP contribution in [0.1, 0.15) is 40.4 Å².